The van der Waals surface area contributed by atoms with E-state index < -0.39 is 0 Å². The molecule has 0 atom stereocenters. The molecular formula is C15H16Cl2N2. The van der Waals surface area contributed by atoms with Crippen LogP contribution < -0.4 is 5.32 Å². The lowest BCUT2D eigenvalue weighted by atomic mass is 10.1. The van der Waals surface area contributed by atoms with Gasteiger partial charge in [0, 0.05) is 29.2 Å². The molecule has 2 nitrogen and oxygen atoms in total. The molecule has 4 heteroatoms. The average Bonchev–Trinajstić information content (AvgIpc) is 3.24. The smallest absolute Gasteiger partial charge is 0.0927 e. The highest BCUT2D eigenvalue weighted by molar-refractivity contribution is 6.45. The molecule has 1 aromatic heterocycles. The number of halogens is 2. The van der Waals surface area contributed by atoms with E-state index in [2.05, 4.69) is 18.3 Å². The first kappa shape index (κ1) is 13.0. The van der Waals surface area contributed by atoms with Crippen LogP contribution in [0, 0.1) is 0 Å². The summed E-state index contributed by atoms with van der Waals surface area (Å²) in [5.41, 5.74) is 3.07. The molecule has 0 saturated heterocycles. The highest BCUT2D eigenvalue weighted by Crippen LogP contribution is 2.42. The van der Waals surface area contributed by atoms with Crippen LogP contribution in [0.2, 0.25) is 10.0 Å². The second-order valence-corrected chi connectivity index (χ2v) is 5.84. The third-order valence-electron chi connectivity index (χ3n) is 3.45. The fourth-order valence-corrected chi connectivity index (χ4v) is 2.61. The normalized spacial score (nSPS) is 14.9. The maximum Gasteiger partial charge on any atom is 0.0927 e. The van der Waals surface area contributed by atoms with Crippen LogP contribution in [-0.4, -0.2) is 11.5 Å². The molecule has 1 saturated carbocycles. The van der Waals surface area contributed by atoms with Crippen LogP contribution >= 0.6 is 23.2 Å². The summed E-state index contributed by atoms with van der Waals surface area (Å²) in [6, 6.07) is 5.99. The van der Waals surface area contributed by atoms with Crippen molar-refractivity contribution in [2.75, 3.05) is 11.9 Å². The van der Waals surface area contributed by atoms with Crippen molar-refractivity contribution in [3.63, 3.8) is 0 Å². The quantitative estimate of drug-likeness (QED) is 0.834. The van der Waals surface area contributed by atoms with E-state index in [-0.39, 0.29) is 0 Å². The number of benzene rings is 1. The van der Waals surface area contributed by atoms with Crippen molar-refractivity contribution in [1.29, 1.82) is 0 Å². The van der Waals surface area contributed by atoms with Gasteiger partial charge in [-0.15, -0.1) is 0 Å². The van der Waals surface area contributed by atoms with Crippen molar-refractivity contribution in [1.82, 2.24) is 4.98 Å². The first-order valence-electron chi connectivity index (χ1n) is 6.73. The zero-order chi connectivity index (χ0) is 13.4. The maximum atomic E-state index is 6.31. The van der Waals surface area contributed by atoms with Crippen molar-refractivity contribution in [2.45, 2.75) is 32.1 Å². The third-order valence-corrected chi connectivity index (χ3v) is 4.25. The van der Waals surface area contributed by atoms with Crippen molar-refractivity contribution in [3.8, 4) is 0 Å². The second-order valence-electron chi connectivity index (χ2n) is 5.05. The average molecular weight is 295 g/mol. The van der Waals surface area contributed by atoms with Gasteiger partial charge in [-0.25, -0.2) is 0 Å². The van der Waals surface area contributed by atoms with Gasteiger partial charge in [-0.05, 0) is 37.5 Å². The Morgan fingerprint density at radius 3 is 2.79 bits per heavy atom. The van der Waals surface area contributed by atoms with E-state index in [1.54, 1.807) is 0 Å². The molecule has 1 fully saturated rings. The molecule has 19 heavy (non-hydrogen) atoms. The zero-order valence-electron chi connectivity index (χ0n) is 10.8. The SMILES string of the molecule is CCCNc1cc(C2CC2)nc2c(Cl)c(Cl)ccc12. The van der Waals surface area contributed by atoms with Gasteiger partial charge in [-0.2, -0.15) is 0 Å². The Hall–Kier alpha value is -0.990. The largest absolute Gasteiger partial charge is 0.384 e. The molecule has 0 unspecified atom stereocenters. The molecule has 0 amide bonds. The lowest BCUT2D eigenvalue weighted by Gasteiger charge is -2.12. The van der Waals surface area contributed by atoms with Crippen LogP contribution in [0.5, 0.6) is 0 Å². The summed E-state index contributed by atoms with van der Waals surface area (Å²) < 4.78 is 0. The summed E-state index contributed by atoms with van der Waals surface area (Å²) in [6.07, 6.45) is 3.54. The molecule has 3 rings (SSSR count). The summed E-state index contributed by atoms with van der Waals surface area (Å²) in [4.78, 5) is 4.71. The molecule has 0 aliphatic heterocycles. The molecule has 0 radical (unpaired) electrons. The van der Waals surface area contributed by atoms with E-state index in [4.69, 9.17) is 28.2 Å². The highest BCUT2D eigenvalue weighted by atomic mass is 35.5. The predicted octanol–water partition coefficient (Wildman–Crippen LogP) is 5.24. The van der Waals surface area contributed by atoms with E-state index in [0.717, 1.165) is 35.2 Å². The van der Waals surface area contributed by atoms with Gasteiger partial charge in [0.05, 0.1) is 15.6 Å². The number of fused-ring (bicyclic) bond motifs is 1. The van der Waals surface area contributed by atoms with Crippen molar-refractivity contribution < 1.29 is 0 Å². The van der Waals surface area contributed by atoms with Crippen molar-refractivity contribution >= 4 is 39.8 Å². The standard InChI is InChI=1S/C15H16Cl2N2/c1-2-7-18-13-8-12(9-3-4-9)19-15-10(13)5-6-11(16)14(15)17/h5-6,8-9H,2-4,7H2,1H3,(H,18,19). The first-order chi connectivity index (χ1) is 9.20. The number of pyridine rings is 1. The molecule has 1 aliphatic carbocycles. The Balaban J connectivity index is 2.17. The Kier molecular flexibility index (Phi) is 3.55. The molecular weight excluding hydrogens is 279 g/mol. The molecule has 1 heterocycles. The molecule has 2 aromatic rings. The summed E-state index contributed by atoms with van der Waals surface area (Å²) in [7, 11) is 0. The van der Waals surface area contributed by atoms with Gasteiger partial charge < -0.3 is 5.32 Å². The van der Waals surface area contributed by atoms with E-state index in [1.807, 2.05) is 12.1 Å². The van der Waals surface area contributed by atoms with Gasteiger partial charge in [-0.3, -0.25) is 4.98 Å². The van der Waals surface area contributed by atoms with Crippen molar-refractivity contribution in [2.24, 2.45) is 0 Å². The van der Waals surface area contributed by atoms with Crippen LogP contribution in [-0.2, 0) is 0 Å². The topological polar surface area (TPSA) is 24.9 Å². The Bertz CT molecular complexity index is 621. The van der Waals surface area contributed by atoms with E-state index in [0.29, 0.717) is 16.0 Å². The molecule has 0 spiro atoms. The molecule has 1 N–H and O–H groups in total. The van der Waals surface area contributed by atoms with Gasteiger partial charge in [0.25, 0.3) is 0 Å². The third kappa shape index (κ3) is 2.52. The predicted molar refractivity (Wildman–Crippen MR) is 82.5 cm³/mol. The van der Waals surface area contributed by atoms with Crippen LogP contribution in [0.3, 0.4) is 0 Å². The minimum absolute atomic E-state index is 0.557. The monoisotopic (exact) mass is 294 g/mol. The molecule has 0 bridgehead atoms. The van der Waals surface area contributed by atoms with E-state index in [1.165, 1.54) is 12.8 Å². The first-order valence-corrected chi connectivity index (χ1v) is 7.48. The van der Waals surface area contributed by atoms with Gasteiger partial charge in [-0.1, -0.05) is 30.1 Å². The van der Waals surface area contributed by atoms with Gasteiger partial charge in [0.2, 0.25) is 0 Å². The number of nitrogens with one attached hydrogen (secondary N) is 1. The summed E-state index contributed by atoms with van der Waals surface area (Å²) in [5.74, 6) is 0.599. The maximum absolute atomic E-state index is 6.31. The number of rotatable bonds is 4. The number of aromatic nitrogens is 1. The Morgan fingerprint density at radius 2 is 2.11 bits per heavy atom. The molecule has 1 aromatic carbocycles. The van der Waals surface area contributed by atoms with Crippen molar-refractivity contribution in [3.05, 3.63) is 33.9 Å². The lowest BCUT2D eigenvalue weighted by Crippen LogP contribution is -2.02. The number of nitrogens with zero attached hydrogens (tertiary/aromatic N) is 1. The fourth-order valence-electron chi connectivity index (χ4n) is 2.25. The van der Waals surface area contributed by atoms with E-state index >= 15 is 0 Å². The molecule has 1 aliphatic rings. The highest BCUT2D eigenvalue weighted by Gasteiger charge is 2.26. The minimum Gasteiger partial charge on any atom is -0.384 e. The van der Waals surface area contributed by atoms with Crippen LogP contribution in [0.15, 0.2) is 18.2 Å². The number of hydrogen-bond acceptors (Lipinski definition) is 2. The molecule has 100 valence electrons. The Morgan fingerprint density at radius 1 is 1.32 bits per heavy atom. The zero-order valence-corrected chi connectivity index (χ0v) is 12.4. The fraction of sp³-hybridized carbons (Fsp3) is 0.400. The lowest BCUT2D eigenvalue weighted by molar-refractivity contribution is 0.976. The van der Waals surface area contributed by atoms with Gasteiger partial charge in [0.1, 0.15) is 0 Å². The summed E-state index contributed by atoms with van der Waals surface area (Å²) in [6.45, 7) is 3.10. The van der Waals surface area contributed by atoms with Gasteiger partial charge in [0.15, 0.2) is 0 Å². The van der Waals surface area contributed by atoms with Crippen LogP contribution in [0.25, 0.3) is 10.9 Å². The Labute approximate surface area is 123 Å². The summed E-state index contributed by atoms with van der Waals surface area (Å²) in [5, 5.41) is 5.64. The van der Waals surface area contributed by atoms with Gasteiger partial charge >= 0.3 is 0 Å². The van der Waals surface area contributed by atoms with E-state index in [9.17, 15) is 0 Å². The number of anilines is 1. The number of hydrogen-bond donors (Lipinski definition) is 1. The van der Waals surface area contributed by atoms with Crippen LogP contribution in [0.1, 0.15) is 37.8 Å². The minimum atomic E-state index is 0.557. The second kappa shape index (κ2) is 5.18. The summed E-state index contributed by atoms with van der Waals surface area (Å²) >= 11 is 12.4. The van der Waals surface area contributed by atoms with Crippen LogP contribution in [0.4, 0.5) is 5.69 Å².